The van der Waals surface area contributed by atoms with E-state index in [2.05, 4.69) is 5.32 Å². The van der Waals surface area contributed by atoms with Crippen LogP contribution in [0.5, 0.6) is 11.5 Å². The lowest BCUT2D eigenvalue weighted by molar-refractivity contribution is -0.000804. The normalized spacial score (nSPS) is 11.8. The highest BCUT2D eigenvalue weighted by Gasteiger charge is 2.10. The first-order valence-corrected chi connectivity index (χ1v) is 11.3. The molecule has 0 spiro atoms. The largest absolute Gasteiger partial charge is 0.485 e. The van der Waals surface area contributed by atoms with E-state index >= 15 is 0 Å². The van der Waals surface area contributed by atoms with Gasteiger partial charge >= 0.3 is 0 Å². The monoisotopic (exact) mass is 450 g/mol. The zero-order valence-corrected chi connectivity index (χ0v) is 19.2. The Morgan fingerprint density at radius 2 is 1.36 bits per heavy atom. The Bertz CT molecular complexity index is 922. The van der Waals surface area contributed by atoms with Crippen molar-refractivity contribution in [1.29, 1.82) is 0 Å². The SMILES string of the molecule is CC(NCc1ccc(OCc2ccccc2)c(OCc2ccccc2)c1)OCCOCCN. The fraction of sp³-hybridized carbons (Fsp3) is 0.333. The van der Waals surface area contributed by atoms with E-state index in [1.807, 2.05) is 85.8 Å². The molecule has 0 saturated carbocycles. The van der Waals surface area contributed by atoms with Crippen LogP contribution >= 0.6 is 0 Å². The van der Waals surface area contributed by atoms with Crippen molar-refractivity contribution in [2.45, 2.75) is 32.9 Å². The average Bonchev–Trinajstić information content (AvgIpc) is 2.86. The van der Waals surface area contributed by atoms with Gasteiger partial charge in [-0.2, -0.15) is 0 Å². The summed E-state index contributed by atoms with van der Waals surface area (Å²) < 4.78 is 23.3. The van der Waals surface area contributed by atoms with Gasteiger partial charge in [-0.05, 0) is 35.7 Å². The van der Waals surface area contributed by atoms with E-state index in [9.17, 15) is 0 Å². The standard InChI is InChI=1S/C27H34N2O4/c1-22(31-17-16-30-15-14-28)29-19-25-12-13-26(32-20-23-8-4-2-5-9-23)27(18-25)33-21-24-10-6-3-7-11-24/h2-13,18,22,29H,14-17,19-21,28H2,1H3. The molecule has 6 nitrogen and oxygen atoms in total. The van der Waals surface area contributed by atoms with Gasteiger partial charge in [0.15, 0.2) is 11.5 Å². The Hall–Kier alpha value is -2.90. The van der Waals surface area contributed by atoms with Crippen LogP contribution in [0, 0.1) is 0 Å². The first kappa shape index (κ1) is 24.7. The highest BCUT2D eigenvalue weighted by Crippen LogP contribution is 2.30. The molecule has 3 N–H and O–H groups in total. The van der Waals surface area contributed by atoms with Crippen molar-refractivity contribution in [3.63, 3.8) is 0 Å². The minimum atomic E-state index is -0.103. The summed E-state index contributed by atoms with van der Waals surface area (Å²) in [4.78, 5) is 0. The van der Waals surface area contributed by atoms with Crippen molar-refractivity contribution in [3.8, 4) is 11.5 Å². The number of rotatable bonds is 15. The van der Waals surface area contributed by atoms with E-state index in [0.717, 1.165) is 28.2 Å². The molecule has 0 fully saturated rings. The molecule has 0 aromatic heterocycles. The minimum Gasteiger partial charge on any atom is -0.485 e. The lowest BCUT2D eigenvalue weighted by Gasteiger charge is -2.17. The molecule has 33 heavy (non-hydrogen) atoms. The van der Waals surface area contributed by atoms with Gasteiger partial charge in [-0.15, -0.1) is 0 Å². The summed E-state index contributed by atoms with van der Waals surface area (Å²) >= 11 is 0. The topological polar surface area (TPSA) is 75.0 Å². The highest BCUT2D eigenvalue weighted by molar-refractivity contribution is 5.43. The Kier molecular flexibility index (Phi) is 10.7. The molecule has 1 atom stereocenters. The summed E-state index contributed by atoms with van der Waals surface area (Å²) in [5, 5.41) is 3.37. The zero-order chi connectivity index (χ0) is 23.1. The predicted molar refractivity (Wildman–Crippen MR) is 130 cm³/mol. The smallest absolute Gasteiger partial charge is 0.162 e. The lowest BCUT2D eigenvalue weighted by atomic mass is 10.2. The third-order valence-corrected chi connectivity index (χ3v) is 4.93. The van der Waals surface area contributed by atoms with Crippen molar-refractivity contribution in [2.24, 2.45) is 5.73 Å². The Morgan fingerprint density at radius 3 is 2.00 bits per heavy atom. The maximum absolute atomic E-state index is 6.15. The van der Waals surface area contributed by atoms with Crippen LogP contribution in [0.25, 0.3) is 0 Å². The molecule has 0 aliphatic rings. The third-order valence-electron chi connectivity index (χ3n) is 4.93. The van der Waals surface area contributed by atoms with Crippen LogP contribution < -0.4 is 20.5 Å². The molecule has 0 amide bonds. The molecule has 3 rings (SSSR count). The fourth-order valence-corrected chi connectivity index (χ4v) is 3.15. The number of nitrogens with two attached hydrogens (primary N) is 1. The Morgan fingerprint density at radius 1 is 0.727 bits per heavy atom. The number of nitrogens with one attached hydrogen (secondary N) is 1. The van der Waals surface area contributed by atoms with Crippen LogP contribution in [0.4, 0.5) is 0 Å². The average molecular weight is 451 g/mol. The molecule has 0 heterocycles. The number of hydrogen-bond acceptors (Lipinski definition) is 6. The Balaban J connectivity index is 1.58. The molecule has 0 aliphatic heterocycles. The molecule has 3 aromatic rings. The number of benzene rings is 3. The van der Waals surface area contributed by atoms with Crippen LogP contribution in [0.1, 0.15) is 23.6 Å². The quantitative estimate of drug-likeness (QED) is 0.266. The van der Waals surface area contributed by atoms with E-state index in [-0.39, 0.29) is 6.23 Å². The first-order chi connectivity index (χ1) is 16.2. The van der Waals surface area contributed by atoms with Crippen LogP contribution in [0.3, 0.4) is 0 Å². The van der Waals surface area contributed by atoms with Crippen molar-refractivity contribution in [3.05, 3.63) is 95.6 Å². The van der Waals surface area contributed by atoms with E-state index in [0.29, 0.717) is 46.1 Å². The fourth-order valence-electron chi connectivity index (χ4n) is 3.15. The second-order valence-electron chi connectivity index (χ2n) is 7.62. The van der Waals surface area contributed by atoms with E-state index in [1.54, 1.807) is 0 Å². The molecule has 3 aromatic carbocycles. The van der Waals surface area contributed by atoms with Gasteiger partial charge < -0.3 is 24.7 Å². The summed E-state index contributed by atoms with van der Waals surface area (Å²) in [7, 11) is 0. The van der Waals surface area contributed by atoms with Crippen LogP contribution in [0.15, 0.2) is 78.9 Å². The second kappa shape index (κ2) is 14.3. The maximum atomic E-state index is 6.15. The van der Waals surface area contributed by atoms with Gasteiger partial charge in [0.25, 0.3) is 0 Å². The number of ether oxygens (including phenoxy) is 4. The van der Waals surface area contributed by atoms with Gasteiger partial charge in [-0.1, -0.05) is 66.7 Å². The second-order valence-corrected chi connectivity index (χ2v) is 7.62. The number of hydrogen-bond donors (Lipinski definition) is 2. The summed E-state index contributed by atoms with van der Waals surface area (Å²) in [6.45, 7) is 5.71. The maximum Gasteiger partial charge on any atom is 0.162 e. The molecular weight excluding hydrogens is 416 g/mol. The van der Waals surface area contributed by atoms with Gasteiger partial charge in [-0.3, -0.25) is 5.32 Å². The van der Waals surface area contributed by atoms with Gasteiger partial charge in [0.1, 0.15) is 19.4 Å². The van der Waals surface area contributed by atoms with Gasteiger partial charge in [0.2, 0.25) is 0 Å². The van der Waals surface area contributed by atoms with E-state index < -0.39 is 0 Å². The van der Waals surface area contributed by atoms with Crippen LogP contribution in [-0.2, 0) is 29.2 Å². The molecule has 0 radical (unpaired) electrons. The minimum absolute atomic E-state index is 0.103. The predicted octanol–water partition coefficient (Wildman–Crippen LogP) is 4.27. The van der Waals surface area contributed by atoms with E-state index in [4.69, 9.17) is 24.7 Å². The summed E-state index contributed by atoms with van der Waals surface area (Å²) in [5.41, 5.74) is 8.71. The van der Waals surface area contributed by atoms with Crippen molar-refractivity contribution < 1.29 is 18.9 Å². The van der Waals surface area contributed by atoms with Gasteiger partial charge in [-0.25, -0.2) is 0 Å². The zero-order valence-electron chi connectivity index (χ0n) is 19.2. The van der Waals surface area contributed by atoms with Crippen LogP contribution in [0.2, 0.25) is 0 Å². The van der Waals surface area contributed by atoms with Crippen molar-refractivity contribution in [2.75, 3.05) is 26.4 Å². The summed E-state index contributed by atoms with van der Waals surface area (Å²) in [6, 6.07) is 26.2. The molecule has 176 valence electrons. The van der Waals surface area contributed by atoms with Crippen molar-refractivity contribution in [1.82, 2.24) is 5.32 Å². The lowest BCUT2D eigenvalue weighted by Crippen LogP contribution is -2.29. The summed E-state index contributed by atoms with van der Waals surface area (Å²) in [5.74, 6) is 1.44. The van der Waals surface area contributed by atoms with Crippen molar-refractivity contribution >= 4 is 0 Å². The molecule has 0 saturated heterocycles. The highest BCUT2D eigenvalue weighted by atomic mass is 16.5. The third kappa shape index (κ3) is 9.24. The van der Waals surface area contributed by atoms with Gasteiger partial charge in [0, 0.05) is 13.1 Å². The molecular formula is C27H34N2O4. The molecule has 6 heteroatoms. The van der Waals surface area contributed by atoms with Gasteiger partial charge in [0.05, 0.1) is 19.8 Å². The van der Waals surface area contributed by atoms with Crippen LogP contribution in [-0.4, -0.2) is 32.6 Å². The molecule has 0 bridgehead atoms. The molecule has 0 aliphatic carbocycles. The summed E-state index contributed by atoms with van der Waals surface area (Å²) in [6.07, 6.45) is -0.103. The first-order valence-electron chi connectivity index (χ1n) is 11.3. The Labute approximate surface area is 196 Å². The molecule has 1 unspecified atom stereocenters. The van der Waals surface area contributed by atoms with E-state index in [1.165, 1.54) is 0 Å².